The number of hydrogen-bond acceptors (Lipinski definition) is 5. The lowest BCUT2D eigenvalue weighted by atomic mass is 9.86. The molecule has 2 unspecified atom stereocenters. The summed E-state index contributed by atoms with van der Waals surface area (Å²) in [6.07, 6.45) is 0.476. The number of carbonyl (C=O) groups is 2. The average molecular weight is 240 g/mol. The molecule has 0 aromatic carbocycles. The Morgan fingerprint density at radius 1 is 1.41 bits per heavy atom. The standard InChI is InChI=1S/C12H20N2O3/c1-3-17-12(16)11-9-8-13(2)6-7-14(9)5-4-10(11)15/h9,11H,3-8H2,1-2H3. The third-order valence-corrected chi connectivity index (χ3v) is 3.65. The molecule has 0 aromatic heterocycles. The zero-order chi connectivity index (χ0) is 12.4. The van der Waals surface area contributed by atoms with Crippen LogP contribution in [0.5, 0.6) is 0 Å². The number of esters is 1. The highest BCUT2D eigenvalue weighted by Crippen LogP contribution is 2.25. The van der Waals surface area contributed by atoms with Gasteiger partial charge in [0.15, 0.2) is 0 Å². The Hall–Kier alpha value is -0.940. The summed E-state index contributed by atoms with van der Waals surface area (Å²) in [5.74, 6) is -0.881. The van der Waals surface area contributed by atoms with E-state index in [-0.39, 0.29) is 17.8 Å². The molecule has 5 nitrogen and oxygen atoms in total. The van der Waals surface area contributed by atoms with Crippen molar-refractivity contribution in [1.82, 2.24) is 9.80 Å². The smallest absolute Gasteiger partial charge is 0.318 e. The summed E-state index contributed by atoms with van der Waals surface area (Å²) in [5.41, 5.74) is 0. The Morgan fingerprint density at radius 2 is 2.18 bits per heavy atom. The number of piperazine rings is 1. The van der Waals surface area contributed by atoms with E-state index in [1.54, 1.807) is 6.92 Å². The molecule has 17 heavy (non-hydrogen) atoms. The van der Waals surface area contributed by atoms with Gasteiger partial charge in [0, 0.05) is 38.6 Å². The van der Waals surface area contributed by atoms with Crippen molar-refractivity contribution in [1.29, 1.82) is 0 Å². The van der Waals surface area contributed by atoms with Crippen molar-refractivity contribution in [3.8, 4) is 0 Å². The molecule has 0 amide bonds. The fraction of sp³-hybridized carbons (Fsp3) is 0.833. The fourth-order valence-corrected chi connectivity index (χ4v) is 2.73. The Balaban J connectivity index is 2.14. The van der Waals surface area contributed by atoms with Gasteiger partial charge < -0.3 is 9.64 Å². The zero-order valence-electron chi connectivity index (χ0n) is 10.5. The molecule has 0 N–H and O–H groups in total. The van der Waals surface area contributed by atoms with Gasteiger partial charge in [-0.2, -0.15) is 0 Å². The van der Waals surface area contributed by atoms with E-state index in [0.717, 1.165) is 26.2 Å². The summed E-state index contributed by atoms with van der Waals surface area (Å²) in [6.45, 7) is 5.61. The molecule has 2 aliphatic rings. The largest absolute Gasteiger partial charge is 0.465 e. The third kappa shape index (κ3) is 2.50. The van der Waals surface area contributed by atoms with E-state index >= 15 is 0 Å². The fourth-order valence-electron chi connectivity index (χ4n) is 2.73. The van der Waals surface area contributed by atoms with Gasteiger partial charge in [0.05, 0.1) is 6.61 Å². The Morgan fingerprint density at radius 3 is 2.88 bits per heavy atom. The lowest BCUT2D eigenvalue weighted by Gasteiger charge is -2.45. The first-order valence-corrected chi connectivity index (χ1v) is 6.25. The molecule has 0 aliphatic carbocycles. The van der Waals surface area contributed by atoms with Crippen molar-refractivity contribution in [2.75, 3.05) is 39.8 Å². The first kappa shape index (κ1) is 12.5. The maximum absolute atomic E-state index is 11.9. The van der Waals surface area contributed by atoms with Crippen LogP contribution in [-0.2, 0) is 14.3 Å². The molecule has 5 heteroatoms. The molecule has 0 bridgehead atoms. The van der Waals surface area contributed by atoms with Crippen LogP contribution in [0.25, 0.3) is 0 Å². The second-order valence-electron chi connectivity index (χ2n) is 4.81. The third-order valence-electron chi connectivity index (χ3n) is 3.65. The van der Waals surface area contributed by atoms with Crippen molar-refractivity contribution in [2.45, 2.75) is 19.4 Å². The van der Waals surface area contributed by atoms with E-state index < -0.39 is 5.92 Å². The molecule has 0 spiro atoms. The minimum Gasteiger partial charge on any atom is -0.465 e. The van der Waals surface area contributed by atoms with Crippen LogP contribution in [-0.4, -0.2) is 67.4 Å². The quantitative estimate of drug-likeness (QED) is 0.492. The van der Waals surface area contributed by atoms with Crippen LogP contribution in [0.1, 0.15) is 13.3 Å². The van der Waals surface area contributed by atoms with E-state index in [1.807, 2.05) is 7.05 Å². The minimum atomic E-state index is -0.577. The molecule has 2 heterocycles. The summed E-state index contributed by atoms with van der Waals surface area (Å²) in [4.78, 5) is 28.2. The number of fused-ring (bicyclic) bond motifs is 1. The normalized spacial score (nSPS) is 31.1. The average Bonchev–Trinajstić information content (AvgIpc) is 2.28. The second kappa shape index (κ2) is 5.14. The number of piperidine rings is 1. The molecule has 0 radical (unpaired) electrons. The number of carbonyl (C=O) groups excluding carboxylic acids is 2. The SMILES string of the molecule is CCOC(=O)C1C(=O)CCN2CCN(C)CC12. The monoisotopic (exact) mass is 240 g/mol. The zero-order valence-corrected chi connectivity index (χ0v) is 10.5. The minimum absolute atomic E-state index is 0.00838. The van der Waals surface area contributed by atoms with Crippen molar-refractivity contribution < 1.29 is 14.3 Å². The van der Waals surface area contributed by atoms with E-state index in [1.165, 1.54) is 0 Å². The van der Waals surface area contributed by atoms with Crippen LogP contribution in [0.2, 0.25) is 0 Å². The van der Waals surface area contributed by atoms with Gasteiger partial charge in [0.1, 0.15) is 11.7 Å². The Bertz CT molecular complexity index is 319. The molecule has 2 saturated heterocycles. The van der Waals surface area contributed by atoms with Crippen LogP contribution >= 0.6 is 0 Å². The van der Waals surface area contributed by atoms with Gasteiger partial charge in [-0.3, -0.25) is 14.5 Å². The highest BCUT2D eigenvalue weighted by molar-refractivity contribution is 6.00. The van der Waals surface area contributed by atoms with Gasteiger partial charge in [0.2, 0.25) is 0 Å². The maximum atomic E-state index is 11.9. The van der Waals surface area contributed by atoms with E-state index in [9.17, 15) is 9.59 Å². The number of ketones is 1. The number of rotatable bonds is 2. The van der Waals surface area contributed by atoms with E-state index in [0.29, 0.717) is 13.0 Å². The lowest BCUT2D eigenvalue weighted by molar-refractivity contribution is -0.158. The van der Waals surface area contributed by atoms with Gasteiger partial charge in [-0.1, -0.05) is 0 Å². The van der Waals surface area contributed by atoms with E-state index in [4.69, 9.17) is 4.74 Å². The van der Waals surface area contributed by atoms with Gasteiger partial charge >= 0.3 is 5.97 Å². The molecule has 96 valence electrons. The molecular weight excluding hydrogens is 220 g/mol. The van der Waals surface area contributed by atoms with Gasteiger partial charge in [-0.15, -0.1) is 0 Å². The van der Waals surface area contributed by atoms with E-state index in [2.05, 4.69) is 9.80 Å². The summed E-state index contributed by atoms with van der Waals surface area (Å²) >= 11 is 0. The highest BCUT2D eigenvalue weighted by Gasteiger charge is 2.44. The molecule has 0 saturated carbocycles. The molecule has 0 aromatic rings. The first-order chi connectivity index (χ1) is 8.13. The van der Waals surface area contributed by atoms with Gasteiger partial charge in [-0.05, 0) is 14.0 Å². The van der Waals surface area contributed by atoms with Crippen molar-refractivity contribution >= 4 is 11.8 Å². The summed E-state index contributed by atoms with van der Waals surface area (Å²) in [7, 11) is 2.03. The Labute approximate surface area is 102 Å². The van der Waals surface area contributed by atoms with Crippen LogP contribution in [0.15, 0.2) is 0 Å². The van der Waals surface area contributed by atoms with Crippen LogP contribution in [0.3, 0.4) is 0 Å². The summed E-state index contributed by atoms with van der Waals surface area (Å²) < 4.78 is 5.03. The number of Topliss-reactive ketones (excluding diaryl/α,β-unsaturated/α-hetero) is 1. The highest BCUT2D eigenvalue weighted by atomic mass is 16.5. The predicted molar refractivity (Wildman–Crippen MR) is 62.6 cm³/mol. The molecule has 2 fully saturated rings. The Kier molecular flexibility index (Phi) is 3.79. The first-order valence-electron chi connectivity index (χ1n) is 6.25. The van der Waals surface area contributed by atoms with Crippen molar-refractivity contribution in [3.05, 3.63) is 0 Å². The topological polar surface area (TPSA) is 49.9 Å². The number of likely N-dealkylation sites (N-methyl/N-ethyl adjacent to an activating group) is 1. The number of ether oxygens (including phenoxy) is 1. The molecular formula is C12H20N2O3. The predicted octanol–water partition coefficient (Wildman–Crippen LogP) is -0.245. The molecule has 2 atom stereocenters. The van der Waals surface area contributed by atoms with Gasteiger partial charge in [0.25, 0.3) is 0 Å². The number of nitrogens with zero attached hydrogens (tertiary/aromatic N) is 2. The van der Waals surface area contributed by atoms with Crippen molar-refractivity contribution in [3.63, 3.8) is 0 Å². The number of hydrogen-bond donors (Lipinski definition) is 0. The van der Waals surface area contributed by atoms with Crippen LogP contribution in [0, 0.1) is 5.92 Å². The summed E-state index contributed by atoms with van der Waals surface area (Å²) in [5, 5.41) is 0. The lowest BCUT2D eigenvalue weighted by Crippen LogP contribution is -2.61. The molecule has 2 aliphatic heterocycles. The molecule has 2 rings (SSSR count). The second-order valence-corrected chi connectivity index (χ2v) is 4.81. The van der Waals surface area contributed by atoms with Crippen LogP contribution in [0.4, 0.5) is 0 Å². The van der Waals surface area contributed by atoms with Gasteiger partial charge in [-0.25, -0.2) is 0 Å². The van der Waals surface area contributed by atoms with Crippen LogP contribution < -0.4 is 0 Å². The summed E-state index contributed by atoms with van der Waals surface area (Å²) in [6, 6.07) is 0.00838. The van der Waals surface area contributed by atoms with Crippen molar-refractivity contribution in [2.24, 2.45) is 5.92 Å². The maximum Gasteiger partial charge on any atom is 0.318 e.